The Morgan fingerprint density at radius 1 is 0.808 bits per heavy atom. The predicted molar refractivity (Wildman–Crippen MR) is 101 cm³/mol. The molecule has 4 rings (SSSR count). The van der Waals surface area contributed by atoms with E-state index >= 15 is 0 Å². The monoisotopic (exact) mass is 340 g/mol. The Labute approximate surface area is 151 Å². The minimum Gasteiger partial charge on any atom is -0.508 e. The molecule has 0 fully saturated rings. The van der Waals surface area contributed by atoms with Gasteiger partial charge in [0.25, 0.3) is 0 Å². The summed E-state index contributed by atoms with van der Waals surface area (Å²) in [6.07, 6.45) is 3.65. The van der Waals surface area contributed by atoms with Crippen LogP contribution in [0.5, 0.6) is 5.75 Å². The Kier molecular flexibility index (Phi) is 4.07. The van der Waals surface area contributed by atoms with E-state index in [2.05, 4.69) is 5.10 Å². The molecule has 26 heavy (non-hydrogen) atoms. The third-order valence-electron chi connectivity index (χ3n) is 4.24. The number of rotatable bonds is 4. The van der Waals surface area contributed by atoms with Crippen molar-refractivity contribution in [2.45, 2.75) is 0 Å². The first-order valence-corrected chi connectivity index (χ1v) is 8.25. The molecule has 0 unspecified atom stereocenters. The summed E-state index contributed by atoms with van der Waals surface area (Å²) in [7, 11) is 0. The summed E-state index contributed by atoms with van der Waals surface area (Å²) in [5, 5.41) is 13.7. The zero-order valence-electron chi connectivity index (χ0n) is 13.9. The smallest absolute Gasteiger partial charge is 0.193 e. The molecule has 0 spiro atoms. The molecule has 1 heterocycles. The molecule has 4 nitrogen and oxygen atoms in total. The molecule has 0 aliphatic carbocycles. The maximum atomic E-state index is 12.6. The van der Waals surface area contributed by atoms with Gasteiger partial charge in [-0.05, 0) is 42.0 Å². The van der Waals surface area contributed by atoms with Crippen LogP contribution in [0, 0.1) is 0 Å². The third kappa shape index (κ3) is 3.00. The number of hydrogen-bond donors (Lipinski definition) is 1. The number of phenols is 1. The molecule has 4 aromatic rings. The summed E-state index contributed by atoms with van der Waals surface area (Å²) >= 11 is 0. The van der Waals surface area contributed by atoms with E-state index in [1.165, 1.54) is 12.1 Å². The maximum Gasteiger partial charge on any atom is 0.193 e. The third-order valence-corrected chi connectivity index (χ3v) is 4.24. The number of benzene rings is 3. The molecule has 126 valence electrons. The molecule has 0 bridgehead atoms. The summed E-state index contributed by atoms with van der Waals surface area (Å²) in [5.74, 6) is 0.0732. The number of nitrogens with zero attached hydrogens (tertiary/aromatic N) is 2. The van der Waals surface area contributed by atoms with Crippen LogP contribution in [0.2, 0.25) is 0 Å². The normalized spacial score (nSPS) is 10.6. The largest absolute Gasteiger partial charge is 0.508 e. The van der Waals surface area contributed by atoms with Crippen molar-refractivity contribution in [1.82, 2.24) is 9.78 Å². The highest BCUT2D eigenvalue weighted by molar-refractivity contribution is 6.09. The first kappa shape index (κ1) is 15.8. The number of ketones is 1. The Morgan fingerprint density at radius 3 is 2.12 bits per heavy atom. The summed E-state index contributed by atoms with van der Waals surface area (Å²) in [6, 6.07) is 23.7. The fourth-order valence-electron chi connectivity index (χ4n) is 2.91. The molecular weight excluding hydrogens is 324 g/mol. The van der Waals surface area contributed by atoms with Crippen molar-refractivity contribution in [2.75, 3.05) is 0 Å². The number of aromatic nitrogens is 2. The second-order valence-electron chi connectivity index (χ2n) is 5.92. The maximum absolute atomic E-state index is 12.6. The SMILES string of the molecule is O=C(c1ccc(O)cc1)c1ccc(-c2ccccc2-n2cccn2)cc1. The molecule has 0 radical (unpaired) electrons. The Hall–Kier alpha value is -3.66. The van der Waals surface area contributed by atoms with Gasteiger partial charge in [-0.3, -0.25) is 4.79 Å². The molecule has 0 atom stereocenters. The summed E-state index contributed by atoms with van der Waals surface area (Å²) in [6.45, 7) is 0. The molecule has 0 amide bonds. The lowest BCUT2D eigenvalue weighted by Crippen LogP contribution is -2.01. The van der Waals surface area contributed by atoms with Crippen LogP contribution in [0.25, 0.3) is 16.8 Å². The van der Waals surface area contributed by atoms with E-state index in [0.717, 1.165) is 16.8 Å². The molecular formula is C22H16N2O2. The average Bonchev–Trinajstić information content (AvgIpc) is 3.23. The molecule has 1 N–H and O–H groups in total. The Balaban J connectivity index is 1.67. The number of carbonyl (C=O) groups excluding carboxylic acids is 1. The fourth-order valence-corrected chi connectivity index (χ4v) is 2.91. The number of carbonyl (C=O) groups is 1. The van der Waals surface area contributed by atoms with Crippen molar-refractivity contribution >= 4 is 5.78 Å². The van der Waals surface area contributed by atoms with Crippen molar-refractivity contribution in [1.29, 1.82) is 0 Å². The lowest BCUT2D eigenvalue weighted by atomic mass is 9.98. The van der Waals surface area contributed by atoms with Crippen LogP contribution in [-0.4, -0.2) is 20.7 Å². The van der Waals surface area contributed by atoms with Crippen LogP contribution in [0.4, 0.5) is 0 Å². The highest BCUT2D eigenvalue weighted by Gasteiger charge is 2.11. The molecule has 0 saturated carbocycles. The van der Waals surface area contributed by atoms with Gasteiger partial charge in [-0.2, -0.15) is 5.10 Å². The molecule has 3 aromatic carbocycles. The van der Waals surface area contributed by atoms with Gasteiger partial charge in [0.05, 0.1) is 5.69 Å². The van der Waals surface area contributed by atoms with Crippen LogP contribution in [0.3, 0.4) is 0 Å². The van der Waals surface area contributed by atoms with E-state index < -0.39 is 0 Å². The van der Waals surface area contributed by atoms with Gasteiger partial charge in [0, 0.05) is 29.1 Å². The zero-order valence-corrected chi connectivity index (χ0v) is 13.9. The topological polar surface area (TPSA) is 55.1 Å². The van der Waals surface area contributed by atoms with Gasteiger partial charge < -0.3 is 5.11 Å². The number of aromatic hydroxyl groups is 1. The molecule has 0 aliphatic rings. The average molecular weight is 340 g/mol. The van der Waals surface area contributed by atoms with Crippen LogP contribution in [0.1, 0.15) is 15.9 Å². The predicted octanol–water partition coefficient (Wildman–Crippen LogP) is 4.48. The highest BCUT2D eigenvalue weighted by atomic mass is 16.3. The standard InChI is InChI=1S/C22H16N2O2/c25-19-12-10-18(11-13-19)22(26)17-8-6-16(7-9-17)20-4-1-2-5-21(20)24-15-3-14-23-24/h1-15,25H. The van der Waals surface area contributed by atoms with Gasteiger partial charge >= 0.3 is 0 Å². The minimum absolute atomic E-state index is 0.0723. The van der Waals surface area contributed by atoms with E-state index in [1.54, 1.807) is 18.3 Å². The van der Waals surface area contributed by atoms with Crippen molar-refractivity contribution in [3.05, 3.63) is 102 Å². The van der Waals surface area contributed by atoms with Crippen LogP contribution < -0.4 is 0 Å². The molecule has 0 aliphatic heterocycles. The summed E-state index contributed by atoms with van der Waals surface area (Å²) < 4.78 is 1.82. The van der Waals surface area contributed by atoms with E-state index in [4.69, 9.17) is 0 Å². The number of para-hydroxylation sites is 1. The second kappa shape index (κ2) is 6.69. The summed E-state index contributed by atoms with van der Waals surface area (Å²) in [4.78, 5) is 12.6. The Morgan fingerprint density at radius 2 is 1.46 bits per heavy atom. The second-order valence-corrected chi connectivity index (χ2v) is 5.92. The van der Waals surface area contributed by atoms with Gasteiger partial charge in [-0.1, -0.05) is 42.5 Å². The van der Waals surface area contributed by atoms with Gasteiger partial charge in [0.1, 0.15) is 5.75 Å². The summed E-state index contributed by atoms with van der Waals surface area (Å²) in [5.41, 5.74) is 4.19. The Bertz CT molecular complexity index is 1030. The van der Waals surface area contributed by atoms with Gasteiger partial charge in [-0.15, -0.1) is 0 Å². The molecule has 0 saturated heterocycles. The number of hydrogen-bond acceptors (Lipinski definition) is 3. The van der Waals surface area contributed by atoms with E-state index in [0.29, 0.717) is 11.1 Å². The van der Waals surface area contributed by atoms with Crippen molar-refractivity contribution < 1.29 is 9.90 Å². The van der Waals surface area contributed by atoms with Gasteiger partial charge in [0.2, 0.25) is 0 Å². The van der Waals surface area contributed by atoms with Crippen molar-refractivity contribution in [3.8, 4) is 22.6 Å². The lowest BCUT2D eigenvalue weighted by Gasteiger charge is -2.10. The molecule has 1 aromatic heterocycles. The molecule has 4 heteroatoms. The van der Waals surface area contributed by atoms with Crippen LogP contribution in [-0.2, 0) is 0 Å². The lowest BCUT2D eigenvalue weighted by molar-refractivity contribution is 0.103. The first-order valence-electron chi connectivity index (χ1n) is 8.25. The minimum atomic E-state index is -0.0723. The highest BCUT2D eigenvalue weighted by Crippen LogP contribution is 2.27. The fraction of sp³-hybridized carbons (Fsp3) is 0. The van der Waals surface area contributed by atoms with Crippen molar-refractivity contribution in [2.24, 2.45) is 0 Å². The number of phenolic OH excluding ortho intramolecular Hbond substituents is 1. The van der Waals surface area contributed by atoms with Gasteiger partial charge in [0.15, 0.2) is 5.78 Å². The quantitative estimate of drug-likeness (QED) is 0.558. The first-order chi connectivity index (χ1) is 12.7. The van der Waals surface area contributed by atoms with Crippen LogP contribution >= 0.6 is 0 Å². The van der Waals surface area contributed by atoms with Crippen LogP contribution in [0.15, 0.2) is 91.3 Å². The zero-order chi connectivity index (χ0) is 17.9. The van der Waals surface area contributed by atoms with E-state index in [9.17, 15) is 9.90 Å². The van der Waals surface area contributed by atoms with E-state index in [1.807, 2.05) is 65.5 Å². The van der Waals surface area contributed by atoms with Crippen molar-refractivity contribution in [3.63, 3.8) is 0 Å². The van der Waals surface area contributed by atoms with Gasteiger partial charge in [-0.25, -0.2) is 4.68 Å². The van der Waals surface area contributed by atoms with E-state index in [-0.39, 0.29) is 11.5 Å².